The molecule has 0 aromatic carbocycles. The molecule has 2 saturated heterocycles. The van der Waals surface area contributed by atoms with Gasteiger partial charge in [-0.05, 0) is 31.4 Å². The van der Waals surface area contributed by atoms with Gasteiger partial charge in [-0.3, -0.25) is 4.79 Å². The number of nitrogens with zero attached hydrogens (tertiary/aromatic N) is 1. The van der Waals surface area contributed by atoms with E-state index in [2.05, 4.69) is 10.0 Å². The summed E-state index contributed by atoms with van der Waals surface area (Å²) in [4.78, 5) is 11.1. The van der Waals surface area contributed by atoms with E-state index < -0.39 is 10.2 Å². The molecule has 7 nitrogen and oxygen atoms in total. The highest BCUT2D eigenvalue weighted by molar-refractivity contribution is 7.87. The summed E-state index contributed by atoms with van der Waals surface area (Å²) in [5.74, 6) is 0.654. The van der Waals surface area contributed by atoms with Crippen molar-refractivity contribution in [2.75, 3.05) is 13.1 Å². The van der Waals surface area contributed by atoms with Gasteiger partial charge < -0.3 is 9.73 Å². The van der Waals surface area contributed by atoms with Crippen LogP contribution in [0.1, 0.15) is 37.5 Å². The number of hydrogen-bond acceptors (Lipinski definition) is 4. The van der Waals surface area contributed by atoms with Gasteiger partial charge in [-0.2, -0.15) is 12.7 Å². The van der Waals surface area contributed by atoms with E-state index in [1.165, 1.54) is 4.31 Å². The zero-order chi connectivity index (χ0) is 14.9. The SMILES string of the molecule is O=C1CC[C@@H](CNS(=O)(=O)N2CCC[C@H]2c2ccco2)N1. The first kappa shape index (κ1) is 14.6. The van der Waals surface area contributed by atoms with Crippen LogP contribution < -0.4 is 10.0 Å². The van der Waals surface area contributed by atoms with Crippen LogP contribution in [0.2, 0.25) is 0 Å². The number of carbonyl (C=O) groups is 1. The number of hydrogen-bond donors (Lipinski definition) is 2. The molecule has 0 spiro atoms. The van der Waals surface area contributed by atoms with E-state index >= 15 is 0 Å². The second kappa shape index (κ2) is 5.78. The first-order valence-electron chi connectivity index (χ1n) is 7.15. The lowest BCUT2D eigenvalue weighted by Crippen LogP contribution is -2.45. The highest BCUT2D eigenvalue weighted by atomic mass is 32.2. The number of carbonyl (C=O) groups excluding carboxylic acids is 1. The van der Waals surface area contributed by atoms with Crippen molar-refractivity contribution >= 4 is 16.1 Å². The number of amides is 1. The van der Waals surface area contributed by atoms with E-state index in [4.69, 9.17) is 4.42 Å². The van der Waals surface area contributed by atoms with Crippen LogP contribution >= 0.6 is 0 Å². The summed E-state index contributed by atoms with van der Waals surface area (Å²) in [5, 5.41) is 2.75. The van der Waals surface area contributed by atoms with Crippen LogP contribution in [0.3, 0.4) is 0 Å². The summed E-state index contributed by atoms with van der Waals surface area (Å²) in [7, 11) is -3.57. The minimum atomic E-state index is -3.57. The summed E-state index contributed by atoms with van der Waals surface area (Å²) < 4.78 is 34.3. The Hall–Kier alpha value is -1.38. The molecule has 0 saturated carbocycles. The van der Waals surface area contributed by atoms with Gasteiger partial charge in [0.05, 0.1) is 12.3 Å². The third-order valence-corrected chi connectivity index (χ3v) is 5.57. The fraction of sp³-hybridized carbons (Fsp3) is 0.615. The van der Waals surface area contributed by atoms with Crippen LogP contribution in [0.25, 0.3) is 0 Å². The molecule has 2 aliphatic heterocycles. The van der Waals surface area contributed by atoms with Gasteiger partial charge in [0.25, 0.3) is 10.2 Å². The minimum absolute atomic E-state index is 0.0196. The van der Waals surface area contributed by atoms with Crippen molar-refractivity contribution in [3.63, 3.8) is 0 Å². The molecular weight excluding hydrogens is 294 g/mol. The first-order chi connectivity index (χ1) is 10.1. The Labute approximate surface area is 123 Å². The zero-order valence-electron chi connectivity index (χ0n) is 11.6. The van der Waals surface area contributed by atoms with Crippen molar-refractivity contribution in [2.45, 2.75) is 37.8 Å². The largest absolute Gasteiger partial charge is 0.468 e. The number of furan rings is 1. The summed E-state index contributed by atoms with van der Waals surface area (Å²) in [5.41, 5.74) is 0. The molecule has 116 valence electrons. The molecule has 3 rings (SSSR count). The Balaban J connectivity index is 1.65. The first-order valence-corrected chi connectivity index (χ1v) is 8.59. The van der Waals surface area contributed by atoms with E-state index in [0.29, 0.717) is 25.1 Å². The van der Waals surface area contributed by atoms with Gasteiger partial charge in [0.2, 0.25) is 5.91 Å². The van der Waals surface area contributed by atoms with Gasteiger partial charge in [0.1, 0.15) is 5.76 Å². The van der Waals surface area contributed by atoms with Gasteiger partial charge in [-0.1, -0.05) is 0 Å². The minimum Gasteiger partial charge on any atom is -0.468 e. The third kappa shape index (κ3) is 3.12. The summed E-state index contributed by atoms with van der Waals surface area (Å²) in [6.07, 6.45) is 4.26. The predicted molar refractivity (Wildman–Crippen MR) is 75.5 cm³/mol. The quantitative estimate of drug-likeness (QED) is 0.829. The molecule has 0 radical (unpaired) electrons. The van der Waals surface area contributed by atoms with Crippen molar-refractivity contribution in [2.24, 2.45) is 0 Å². The van der Waals surface area contributed by atoms with Crippen LogP contribution in [0.15, 0.2) is 22.8 Å². The molecule has 1 aromatic rings. The number of rotatable bonds is 5. The lowest BCUT2D eigenvalue weighted by Gasteiger charge is -2.23. The highest BCUT2D eigenvalue weighted by Gasteiger charge is 2.37. The Morgan fingerprint density at radius 3 is 2.95 bits per heavy atom. The van der Waals surface area contributed by atoms with Crippen LogP contribution in [-0.4, -0.2) is 37.8 Å². The predicted octanol–water partition coefficient (Wildman–Crippen LogP) is 0.529. The van der Waals surface area contributed by atoms with E-state index in [-0.39, 0.29) is 24.5 Å². The van der Waals surface area contributed by atoms with Crippen LogP contribution in [0.4, 0.5) is 0 Å². The van der Waals surface area contributed by atoms with Crippen LogP contribution in [-0.2, 0) is 15.0 Å². The van der Waals surface area contributed by atoms with Gasteiger partial charge in [-0.15, -0.1) is 0 Å². The van der Waals surface area contributed by atoms with Gasteiger partial charge in [0, 0.05) is 25.6 Å². The second-order valence-corrected chi connectivity index (χ2v) is 7.15. The smallest absolute Gasteiger partial charge is 0.280 e. The van der Waals surface area contributed by atoms with E-state index in [1.54, 1.807) is 18.4 Å². The maximum absolute atomic E-state index is 12.4. The van der Waals surface area contributed by atoms with Gasteiger partial charge in [-0.25, -0.2) is 4.72 Å². The van der Waals surface area contributed by atoms with Gasteiger partial charge >= 0.3 is 0 Å². The van der Waals surface area contributed by atoms with Crippen molar-refractivity contribution in [3.05, 3.63) is 24.2 Å². The molecule has 8 heteroatoms. The maximum atomic E-state index is 12.4. The summed E-state index contributed by atoms with van der Waals surface area (Å²) in [6, 6.07) is 3.21. The molecule has 3 heterocycles. The number of nitrogens with one attached hydrogen (secondary N) is 2. The molecule has 2 atom stereocenters. The fourth-order valence-corrected chi connectivity index (χ4v) is 4.40. The normalized spacial score (nSPS) is 27.1. The highest BCUT2D eigenvalue weighted by Crippen LogP contribution is 2.33. The Morgan fingerprint density at radius 1 is 1.43 bits per heavy atom. The van der Waals surface area contributed by atoms with Crippen LogP contribution in [0.5, 0.6) is 0 Å². The lowest BCUT2D eigenvalue weighted by atomic mass is 10.2. The molecule has 2 N–H and O–H groups in total. The summed E-state index contributed by atoms with van der Waals surface area (Å²) >= 11 is 0. The molecule has 1 amide bonds. The van der Waals surface area contributed by atoms with Crippen molar-refractivity contribution in [3.8, 4) is 0 Å². The van der Waals surface area contributed by atoms with Crippen molar-refractivity contribution in [1.29, 1.82) is 0 Å². The topological polar surface area (TPSA) is 91.7 Å². The average molecular weight is 313 g/mol. The monoisotopic (exact) mass is 313 g/mol. The molecule has 0 aliphatic carbocycles. The van der Waals surface area contributed by atoms with Gasteiger partial charge in [0.15, 0.2) is 0 Å². The summed E-state index contributed by atoms with van der Waals surface area (Å²) in [6.45, 7) is 0.715. The molecular formula is C13H19N3O4S. The lowest BCUT2D eigenvalue weighted by molar-refractivity contribution is -0.119. The fourth-order valence-electron chi connectivity index (χ4n) is 2.91. The Morgan fingerprint density at radius 2 is 2.29 bits per heavy atom. The molecule has 2 fully saturated rings. The third-order valence-electron chi connectivity index (χ3n) is 3.98. The Bertz CT molecular complexity index is 599. The maximum Gasteiger partial charge on any atom is 0.280 e. The van der Waals surface area contributed by atoms with E-state index in [1.807, 2.05) is 0 Å². The Kier molecular flexibility index (Phi) is 4.01. The molecule has 1 aromatic heterocycles. The average Bonchev–Trinajstić information content (AvgIpc) is 3.17. The standard InChI is InChI=1S/C13H19N3O4S/c17-13-6-5-10(15-13)9-14-21(18,19)16-7-1-3-11(16)12-4-2-8-20-12/h2,4,8,10-11,14H,1,3,5-7,9H2,(H,15,17)/t10-,11-/m0/s1. The zero-order valence-corrected chi connectivity index (χ0v) is 12.4. The molecule has 0 unspecified atom stereocenters. The van der Waals surface area contributed by atoms with Crippen molar-refractivity contribution in [1.82, 2.24) is 14.3 Å². The molecule has 2 aliphatic rings. The molecule has 0 bridgehead atoms. The van der Waals surface area contributed by atoms with Crippen molar-refractivity contribution < 1.29 is 17.6 Å². The molecule has 21 heavy (non-hydrogen) atoms. The van der Waals surface area contributed by atoms with E-state index in [0.717, 1.165) is 12.8 Å². The van der Waals surface area contributed by atoms with Crippen LogP contribution in [0, 0.1) is 0 Å². The van der Waals surface area contributed by atoms with E-state index in [9.17, 15) is 13.2 Å². The second-order valence-electron chi connectivity index (χ2n) is 5.44.